The van der Waals surface area contributed by atoms with Crippen molar-refractivity contribution >= 4 is 17.6 Å². The van der Waals surface area contributed by atoms with Crippen molar-refractivity contribution in [2.75, 3.05) is 11.9 Å². The Kier molecular flexibility index (Phi) is 6.17. The Hall–Kier alpha value is -1.89. The molecule has 7 nitrogen and oxygen atoms in total. The predicted molar refractivity (Wildman–Crippen MR) is 77.0 cm³/mol. The molecule has 20 heavy (non-hydrogen) atoms. The van der Waals surface area contributed by atoms with Crippen molar-refractivity contribution in [1.29, 1.82) is 0 Å². The fourth-order valence-corrected chi connectivity index (χ4v) is 1.60. The molecule has 1 heterocycles. The van der Waals surface area contributed by atoms with Crippen LogP contribution in [-0.4, -0.2) is 34.6 Å². The maximum Gasteiger partial charge on any atom is 0.244 e. The number of nitrogens with one attached hydrogen (secondary N) is 3. The SMILES string of the molecule is CCCc1cc(NC(=O)CNC(=O)[C@@H](N)C(C)C)n[nH]1. The molecule has 0 radical (unpaired) electrons. The summed E-state index contributed by atoms with van der Waals surface area (Å²) in [6.45, 7) is 5.65. The van der Waals surface area contributed by atoms with Gasteiger partial charge in [0.15, 0.2) is 5.82 Å². The van der Waals surface area contributed by atoms with Crippen LogP contribution in [0.4, 0.5) is 5.82 Å². The Morgan fingerprint density at radius 1 is 1.45 bits per heavy atom. The molecule has 1 atom stereocenters. The Bertz CT molecular complexity index is 455. The van der Waals surface area contributed by atoms with Crippen molar-refractivity contribution < 1.29 is 9.59 Å². The third-order valence-corrected chi connectivity index (χ3v) is 2.86. The molecule has 0 saturated heterocycles. The lowest BCUT2D eigenvalue weighted by Crippen LogP contribution is -2.46. The maximum absolute atomic E-state index is 11.7. The monoisotopic (exact) mass is 281 g/mol. The van der Waals surface area contributed by atoms with Crippen LogP contribution in [0.3, 0.4) is 0 Å². The number of aryl methyl sites for hydroxylation is 1. The highest BCUT2D eigenvalue weighted by molar-refractivity contribution is 5.94. The summed E-state index contributed by atoms with van der Waals surface area (Å²) in [5.41, 5.74) is 6.64. The van der Waals surface area contributed by atoms with E-state index >= 15 is 0 Å². The maximum atomic E-state index is 11.7. The van der Waals surface area contributed by atoms with Gasteiger partial charge in [0.1, 0.15) is 0 Å². The number of hydrogen-bond donors (Lipinski definition) is 4. The molecular weight excluding hydrogens is 258 g/mol. The van der Waals surface area contributed by atoms with Crippen LogP contribution in [0.1, 0.15) is 32.9 Å². The minimum absolute atomic E-state index is 0.0287. The number of anilines is 1. The van der Waals surface area contributed by atoms with Crippen LogP contribution in [0, 0.1) is 5.92 Å². The number of amides is 2. The molecule has 0 bridgehead atoms. The van der Waals surface area contributed by atoms with Crippen molar-refractivity contribution in [2.45, 2.75) is 39.7 Å². The Balaban J connectivity index is 2.38. The Morgan fingerprint density at radius 3 is 2.75 bits per heavy atom. The fourth-order valence-electron chi connectivity index (χ4n) is 1.60. The van der Waals surface area contributed by atoms with Crippen molar-refractivity contribution in [3.05, 3.63) is 11.8 Å². The number of nitrogens with two attached hydrogens (primary N) is 1. The van der Waals surface area contributed by atoms with Crippen molar-refractivity contribution in [3.8, 4) is 0 Å². The summed E-state index contributed by atoms with van der Waals surface area (Å²) < 4.78 is 0. The highest BCUT2D eigenvalue weighted by atomic mass is 16.2. The number of H-pyrrole nitrogens is 1. The molecule has 7 heteroatoms. The van der Waals surface area contributed by atoms with Crippen LogP contribution in [0.25, 0.3) is 0 Å². The molecule has 0 fully saturated rings. The van der Waals surface area contributed by atoms with E-state index < -0.39 is 6.04 Å². The van der Waals surface area contributed by atoms with E-state index in [-0.39, 0.29) is 24.3 Å². The number of aromatic amines is 1. The lowest BCUT2D eigenvalue weighted by Gasteiger charge is -2.14. The molecule has 1 aromatic rings. The minimum Gasteiger partial charge on any atom is -0.346 e. The highest BCUT2D eigenvalue weighted by Gasteiger charge is 2.17. The highest BCUT2D eigenvalue weighted by Crippen LogP contribution is 2.06. The molecule has 0 aliphatic rings. The minimum atomic E-state index is -0.607. The standard InChI is InChI=1S/C13H23N5O2/c1-4-5-9-6-10(18-17-9)16-11(19)7-15-13(20)12(14)8(2)3/h6,8,12H,4-5,7,14H2,1-3H3,(H,15,20)(H2,16,17,18,19)/t12-/m0/s1. The molecule has 0 aliphatic heterocycles. The first-order chi connectivity index (χ1) is 9.43. The summed E-state index contributed by atoms with van der Waals surface area (Å²) in [4.78, 5) is 23.2. The first kappa shape index (κ1) is 16.2. The quantitative estimate of drug-likeness (QED) is 0.579. The van der Waals surface area contributed by atoms with Crippen molar-refractivity contribution in [1.82, 2.24) is 15.5 Å². The van der Waals surface area contributed by atoms with Gasteiger partial charge < -0.3 is 16.4 Å². The van der Waals surface area contributed by atoms with Crippen LogP contribution in [0.2, 0.25) is 0 Å². The second-order valence-corrected chi connectivity index (χ2v) is 5.06. The summed E-state index contributed by atoms with van der Waals surface area (Å²) in [6, 6.07) is 1.17. The Morgan fingerprint density at radius 2 is 2.15 bits per heavy atom. The average molecular weight is 281 g/mol. The van der Waals surface area contributed by atoms with Crippen LogP contribution in [0.5, 0.6) is 0 Å². The van der Waals surface area contributed by atoms with Gasteiger partial charge in [-0.3, -0.25) is 14.7 Å². The number of carbonyl (C=O) groups is 2. The first-order valence-electron chi connectivity index (χ1n) is 6.81. The molecule has 2 amide bonds. The number of rotatable bonds is 7. The van der Waals surface area contributed by atoms with E-state index in [2.05, 4.69) is 27.8 Å². The van der Waals surface area contributed by atoms with E-state index in [1.54, 1.807) is 6.07 Å². The zero-order valence-electron chi connectivity index (χ0n) is 12.2. The number of nitrogens with zero attached hydrogens (tertiary/aromatic N) is 1. The van der Waals surface area contributed by atoms with Gasteiger partial charge in [-0.1, -0.05) is 27.2 Å². The largest absolute Gasteiger partial charge is 0.346 e. The summed E-state index contributed by atoms with van der Waals surface area (Å²) in [7, 11) is 0. The van der Waals surface area contributed by atoms with E-state index in [1.807, 2.05) is 13.8 Å². The van der Waals surface area contributed by atoms with Gasteiger partial charge in [0.25, 0.3) is 0 Å². The van der Waals surface area contributed by atoms with Crippen LogP contribution < -0.4 is 16.4 Å². The summed E-state index contributed by atoms with van der Waals surface area (Å²) in [5.74, 6) is -0.172. The van der Waals surface area contributed by atoms with Crippen LogP contribution >= 0.6 is 0 Å². The molecule has 0 aliphatic carbocycles. The van der Waals surface area contributed by atoms with E-state index in [1.165, 1.54) is 0 Å². The topological polar surface area (TPSA) is 113 Å². The summed E-state index contributed by atoms with van der Waals surface area (Å²) in [5, 5.41) is 11.9. The smallest absolute Gasteiger partial charge is 0.244 e. The van der Waals surface area contributed by atoms with Gasteiger partial charge in [-0.05, 0) is 12.3 Å². The van der Waals surface area contributed by atoms with Gasteiger partial charge in [-0.25, -0.2) is 0 Å². The normalized spacial score (nSPS) is 12.2. The summed E-state index contributed by atoms with van der Waals surface area (Å²) in [6.07, 6.45) is 1.88. The number of hydrogen-bond acceptors (Lipinski definition) is 4. The van der Waals surface area contributed by atoms with Gasteiger partial charge >= 0.3 is 0 Å². The molecule has 0 aromatic carbocycles. The third-order valence-electron chi connectivity index (χ3n) is 2.86. The predicted octanol–water partition coefficient (Wildman–Crippen LogP) is 0.400. The van der Waals surface area contributed by atoms with Gasteiger partial charge in [-0.15, -0.1) is 0 Å². The molecule has 112 valence electrons. The van der Waals surface area contributed by atoms with E-state index in [9.17, 15) is 9.59 Å². The Labute approximate surface area is 118 Å². The van der Waals surface area contributed by atoms with Gasteiger partial charge in [0.05, 0.1) is 12.6 Å². The molecular formula is C13H23N5O2. The summed E-state index contributed by atoms with van der Waals surface area (Å²) >= 11 is 0. The van der Waals surface area contributed by atoms with Crippen molar-refractivity contribution in [2.24, 2.45) is 11.7 Å². The van der Waals surface area contributed by atoms with E-state index in [4.69, 9.17) is 5.73 Å². The van der Waals surface area contributed by atoms with E-state index in [0.717, 1.165) is 18.5 Å². The lowest BCUT2D eigenvalue weighted by atomic mass is 10.1. The average Bonchev–Trinajstić information content (AvgIpc) is 2.82. The van der Waals surface area contributed by atoms with Crippen molar-refractivity contribution in [3.63, 3.8) is 0 Å². The zero-order valence-corrected chi connectivity index (χ0v) is 12.2. The number of carbonyl (C=O) groups excluding carboxylic acids is 2. The third kappa shape index (κ3) is 5.00. The molecule has 1 rings (SSSR count). The van der Waals surface area contributed by atoms with Crippen LogP contribution in [0.15, 0.2) is 6.07 Å². The van der Waals surface area contributed by atoms with Gasteiger partial charge in [-0.2, -0.15) is 5.10 Å². The molecule has 0 unspecified atom stereocenters. The molecule has 5 N–H and O–H groups in total. The van der Waals surface area contributed by atoms with E-state index in [0.29, 0.717) is 5.82 Å². The fraction of sp³-hybridized carbons (Fsp3) is 0.615. The van der Waals surface area contributed by atoms with Gasteiger partial charge in [0, 0.05) is 11.8 Å². The molecule has 0 saturated carbocycles. The lowest BCUT2D eigenvalue weighted by molar-refractivity contribution is -0.125. The number of aromatic nitrogens is 2. The zero-order chi connectivity index (χ0) is 15.1. The van der Waals surface area contributed by atoms with Crippen LogP contribution in [-0.2, 0) is 16.0 Å². The first-order valence-corrected chi connectivity index (χ1v) is 6.81. The second kappa shape index (κ2) is 7.64. The second-order valence-electron chi connectivity index (χ2n) is 5.06. The molecule has 1 aromatic heterocycles. The molecule has 0 spiro atoms. The van der Waals surface area contributed by atoms with Gasteiger partial charge in [0.2, 0.25) is 11.8 Å².